The summed E-state index contributed by atoms with van der Waals surface area (Å²) in [5.74, 6) is 0.979. The molecule has 0 saturated heterocycles. The van der Waals surface area contributed by atoms with Crippen LogP contribution in [0.5, 0.6) is 5.75 Å². The molecular weight excluding hydrogens is 284 g/mol. The molecule has 1 heterocycles. The van der Waals surface area contributed by atoms with Gasteiger partial charge in [0, 0.05) is 18.4 Å². The molecular formula is C20H26N2O. The molecule has 0 atom stereocenters. The van der Waals surface area contributed by atoms with E-state index in [2.05, 4.69) is 28.5 Å². The van der Waals surface area contributed by atoms with Crippen molar-refractivity contribution in [1.82, 2.24) is 10.3 Å². The van der Waals surface area contributed by atoms with Crippen LogP contribution in [0.15, 0.2) is 48.8 Å². The molecule has 0 bridgehead atoms. The average molecular weight is 310 g/mol. The molecule has 3 nitrogen and oxygen atoms in total. The Balaban J connectivity index is 1.37. The first-order valence-electron chi connectivity index (χ1n) is 8.73. The number of phenolic OH excluding ortho intramolecular Hbond substituents is 1. The van der Waals surface area contributed by atoms with Gasteiger partial charge in [0.15, 0.2) is 0 Å². The van der Waals surface area contributed by atoms with Crippen LogP contribution < -0.4 is 5.32 Å². The number of aromatic nitrogens is 1. The minimum Gasteiger partial charge on any atom is -0.508 e. The van der Waals surface area contributed by atoms with Crippen molar-refractivity contribution in [3.63, 3.8) is 0 Å². The molecule has 0 aliphatic heterocycles. The van der Waals surface area contributed by atoms with Crippen LogP contribution in [0.1, 0.15) is 49.1 Å². The Morgan fingerprint density at radius 2 is 1.74 bits per heavy atom. The standard InChI is InChI=1S/C20H26N2O/c23-20-6-2-1-5-19(20)17-7-9-18(10-8-17)22-13-3-4-16-11-14-21-15-12-16/h1-2,5-6,11-12,14-15,17-18,22-23H,3-4,7-10,13H2. The molecule has 3 heteroatoms. The normalized spacial score (nSPS) is 21.2. The number of benzene rings is 1. The van der Waals surface area contributed by atoms with E-state index in [1.165, 1.54) is 37.7 Å². The van der Waals surface area contributed by atoms with Crippen LogP contribution in [-0.2, 0) is 6.42 Å². The predicted molar refractivity (Wildman–Crippen MR) is 93.7 cm³/mol. The molecule has 1 aliphatic rings. The monoisotopic (exact) mass is 310 g/mol. The van der Waals surface area contributed by atoms with Gasteiger partial charge in [-0.3, -0.25) is 4.98 Å². The number of nitrogens with one attached hydrogen (secondary N) is 1. The molecule has 3 rings (SSSR count). The first-order chi connectivity index (χ1) is 11.3. The van der Waals surface area contributed by atoms with Crippen molar-refractivity contribution in [3.8, 4) is 5.75 Å². The molecule has 1 aliphatic carbocycles. The summed E-state index contributed by atoms with van der Waals surface area (Å²) < 4.78 is 0. The van der Waals surface area contributed by atoms with Gasteiger partial charge in [-0.15, -0.1) is 0 Å². The molecule has 1 fully saturated rings. The number of aryl methyl sites for hydroxylation is 1. The molecule has 1 aromatic heterocycles. The van der Waals surface area contributed by atoms with Crippen molar-refractivity contribution in [2.45, 2.75) is 50.5 Å². The lowest BCUT2D eigenvalue weighted by Crippen LogP contribution is -2.33. The number of para-hydroxylation sites is 1. The van der Waals surface area contributed by atoms with Gasteiger partial charge in [0.1, 0.15) is 5.75 Å². The van der Waals surface area contributed by atoms with Gasteiger partial charge in [0.2, 0.25) is 0 Å². The summed E-state index contributed by atoms with van der Waals surface area (Å²) in [6.07, 6.45) is 10.7. The summed E-state index contributed by atoms with van der Waals surface area (Å²) in [6, 6.07) is 12.6. The zero-order chi connectivity index (χ0) is 15.9. The Bertz CT molecular complexity index is 592. The quantitative estimate of drug-likeness (QED) is 0.792. The molecule has 1 saturated carbocycles. The average Bonchev–Trinajstić information content (AvgIpc) is 2.61. The maximum Gasteiger partial charge on any atom is 0.119 e. The van der Waals surface area contributed by atoms with Crippen molar-refractivity contribution >= 4 is 0 Å². The van der Waals surface area contributed by atoms with Crippen LogP contribution in [0, 0.1) is 0 Å². The molecule has 2 N–H and O–H groups in total. The number of rotatable bonds is 6. The second-order valence-corrected chi connectivity index (χ2v) is 6.52. The highest BCUT2D eigenvalue weighted by Gasteiger charge is 2.23. The van der Waals surface area contributed by atoms with Gasteiger partial charge in [0.25, 0.3) is 0 Å². The number of pyridine rings is 1. The number of hydrogen-bond acceptors (Lipinski definition) is 3. The van der Waals surface area contributed by atoms with E-state index < -0.39 is 0 Å². The van der Waals surface area contributed by atoms with Crippen LogP contribution in [0.4, 0.5) is 0 Å². The van der Waals surface area contributed by atoms with Crippen LogP contribution in [0.3, 0.4) is 0 Å². The van der Waals surface area contributed by atoms with Crippen LogP contribution in [0.2, 0.25) is 0 Å². The Labute approximate surface area is 138 Å². The Kier molecular flexibility index (Phi) is 5.65. The summed E-state index contributed by atoms with van der Waals surface area (Å²) in [6.45, 7) is 1.08. The fourth-order valence-electron chi connectivity index (χ4n) is 3.59. The molecule has 0 unspecified atom stereocenters. The van der Waals surface area contributed by atoms with Gasteiger partial charge >= 0.3 is 0 Å². The molecule has 122 valence electrons. The van der Waals surface area contributed by atoms with E-state index in [4.69, 9.17) is 0 Å². The van der Waals surface area contributed by atoms with Crippen molar-refractivity contribution in [1.29, 1.82) is 0 Å². The highest BCUT2D eigenvalue weighted by molar-refractivity contribution is 5.35. The lowest BCUT2D eigenvalue weighted by molar-refractivity contribution is 0.336. The molecule has 2 aromatic rings. The SMILES string of the molecule is Oc1ccccc1C1CCC(NCCCc2ccncc2)CC1. The Morgan fingerprint density at radius 3 is 2.48 bits per heavy atom. The smallest absolute Gasteiger partial charge is 0.119 e. The van der Waals surface area contributed by atoms with Crippen LogP contribution >= 0.6 is 0 Å². The third-order valence-corrected chi connectivity index (χ3v) is 4.93. The number of aromatic hydroxyl groups is 1. The maximum atomic E-state index is 9.99. The van der Waals surface area contributed by atoms with Gasteiger partial charge in [-0.05, 0) is 80.3 Å². The van der Waals surface area contributed by atoms with E-state index in [9.17, 15) is 5.11 Å². The third-order valence-electron chi connectivity index (χ3n) is 4.93. The first kappa shape index (κ1) is 16.0. The molecule has 23 heavy (non-hydrogen) atoms. The second kappa shape index (κ2) is 8.11. The topological polar surface area (TPSA) is 45.1 Å². The summed E-state index contributed by atoms with van der Waals surface area (Å²) in [7, 11) is 0. The number of nitrogens with zero attached hydrogens (tertiary/aromatic N) is 1. The summed E-state index contributed by atoms with van der Waals surface area (Å²) in [5.41, 5.74) is 2.49. The minimum atomic E-state index is 0.460. The van der Waals surface area contributed by atoms with Gasteiger partial charge in [-0.1, -0.05) is 18.2 Å². The van der Waals surface area contributed by atoms with E-state index in [-0.39, 0.29) is 0 Å². The number of hydrogen-bond donors (Lipinski definition) is 2. The van der Waals surface area contributed by atoms with E-state index in [1.54, 1.807) is 6.07 Å². The highest BCUT2D eigenvalue weighted by Crippen LogP contribution is 2.36. The van der Waals surface area contributed by atoms with Gasteiger partial charge < -0.3 is 10.4 Å². The maximum absolute atomic E-state index is 9.99. The Hall–Kier alpha value is -1.87. The largest absolute Gasteiger partial charge is 0.508 e. The van der Waals surface area contributed by atoms with Crippen molar-refractivity contribution in [2.24, 2.45) is 0 Å². The van der Waals surface area contributed by atoms with E-state index in [0.29, 0.717) is 17.7 Å². The fraction of sp³-hybridized carbons (Fsp3) is 0.450. The van der Waals surface area contributed by atoms with Gasteiger partial charge in [-0.2, -0.15) is 0 Å². The molecule has 0 amide bonds. The summed E-state index contributed by atoms with van der Waals surface area (Å²) >= 11 is 0. The zero-order valence-electron chi connectivity index (χ0n) is 13.6. The second-order valence-electron chi connectivity index (χ2n) is 6.52. The fourth-order valence-corrected chi connectivity index (χ4v) is 3.59. The van der Waals surface area contributed by atoms with E-state index in [1.807, 2.05) is 24.5 Å². The van der Waals surface area contributed by atoms with E-state index >= 15 is 0 Å². The predicted octanol–water partition coefficient (Wildman–Crippen LogP) is 4.04. The number of phenols is 1. The van der Waals surface area contributed by atoms with Gasteiger partial charge in [-0.25, -0.2) is 0 Å². The summed E-state index contributed by atoms with van der Waals surface area (Å²) in [5, 5.41) is 13.7. The van der Waals surface area contributed by atoms with E-state index in [0.717, 1.165) is 18.5 Å². The zero-order valence-corrected chi connectivity index (χ0v) is 13.6. The molecule has 0 radical (unpaired) electrons. The first-order valence-corrected chi connectivity index (χ1v) is 8.73. The van der Waals surface area contributed by atoms with Crippen LogP contribution in [0.25, 0.3) is 0 Å². The van der Waals surface area contributed by atoms with Crippen LogP contribution in [-0.4, -0.2) is 22.7 Å². The van der Waals surface area contributed by atoms with Crippen molar-refractivity contribution < 1.29 is 5.11 Å². The Morgan fingerprint density at radius 1 is 1.00 bits per heavy atom. The minimum absolute atomic E-state index is 0.460. The third kappa shape index (κ3) is 4.55. The van der Waals surface area contributed by atoms with Crippen molar-refractivity contribution in [2.75, 3.05) is 6.54 Å². The van der Waals surface area contributed by atoms with Crippen molar-refractivity contribution in [3.05, 3.63) is 59.9 Å². The lowest BCUT2D eigenvalue weighted by Gasteiger charge is -2.29. The highest BCUT2D eigenvalue weighted by atomic mass is 16.3. The lowest BCUT2D eigenvalue weighted by atomic mass is 9.81. The molecule has 0 spiro atoms. The molecule has 1 aromatic carbocycles. The van der Waals surface area contributed by atoms with Gasteiger partial charge in [0.05, 0.1) is 0 Å². The summed E-state index contributed by atoms with van der Waals surface area (Å²) in [4.78, 5) is 4.05.